The van der Waals surface area contributed by atoms with Crippen LogP contribution in [0.2, 0.25) is 5.02 Å². The summed E-state index contributed by atoms with van der Waals surface area (Å²) in [4.78, 5) is 10.9. The van der Waals surface area contributed by atoms with Crippen molar-refractivity contribution in [2.75, 3.05) is 20.8 Å². The summed E-state index contributed by atoms with van der Waals surface area (Å²) in [5.74, 6) is -0.219. The predicted octanol–water partition coefficient (Wildman–Crippen LogP) is 2.79. The Balaban J connectivity index is 2.02. The number of ether oxygens (including phenoxy) is 3. The standard InChI is InChI=1S/C19H22ClFN2O4/c1-25-10-14-5-12(3-4-16(14)21)8-23-9-13-6-15(20)19(17(7-13)26-2)27-11-18(22)24/h3-7,23H,8-11H2,1-2H3,(H2,22,24). The second-order valence-electron chi connectivity index (χ2n) is 5.83. The van der Waals surface area contributed by atoms with E-state index in [1.807, 2.05) is 0 Å². The van der Waals surface area contributed by atoms with Gasteiger partial charge >= 0.3 is 0 Å². The first kappa shape index (κ1) is 21.0. The van der Waals surface area contributed by atoms with E-state index in [4.69, 9.17) is 31.5 Å². The zero-order chi connectivity index (χ0) is 19.8. The number of benzene rings is 2. The summed E-state index contributed by atoms with van der Waals surface area (Å²) in [5.41, 5.74) is 7.39. The topological polar surface area (TPSA) is 82.8 Å². The van der Waals surface area contributed by atoms with Crippen LogP contribution in [0, 0.1) is 5.82 Å². The Kier molecular flexibility index (Phi) is 7.84. The fourth-order valence-corrected chi connectivity index (χ4v) is 2.80. The third-order valence-electron chi connectivity index (χ3n) is 3.72. The van der Waals surface area contributed by atoms with Crippen molar-refractivity contribution in [3.63, 3.8) is 0 Å². The number of carbonyl (C=O) groups excluding carboxylic acids is 1. The van der Waals surface area contributed by atoms with Gasteiger partial charge in [0.1, 0.15) is 5.82 Å². The minimum Gasteiger partial charge on any atom is -0.493 e. The van der Waals surface area contributed by atoms with E-state index in [9.17, 15) is 9.18 Å². The second kappa shape index (κ2) is 10.1. The summed E-state index contributed by atoms with van der Waals surface area (Å²) in [6.07, 6.45) is 0. The molecule has 0 saturated carbocycles. The number of hydrogen-bond donors (Lipinski definition) is 2. The van der Waals surface area contributed by atoms with E-state index in [-0.39, 0.29) is 24.8 Å². The lowest BCUT2D eigenvalue weighted by molar-refractivity contribution is -0.119. The Morgan fingerprint density at radius 3 is 2.59 bits per heavy atom. The zero-order valence-corrected chi connectivity index (χ0v) is 15.9. The molecule has 0 aliphatic heterocycles. The van der Waals surface area contributed by atoms with Crippen molar-refractivity contribution in [3.05, 3.63) is 57.9 Å². The van der Waals surface area contributed by atoms with Crippen LogP contribution in [0.25, 0.3) is 0 Å². The molecule has 2 aromatic rings. The smallest absolute Gasteiger partial charge is 0.255 e. The van der Waals surface area contributed by atoms with E-state index in [1.165, 1.54) is 20.3 Å². The Morgan fingerprint density at radius 2 is 1.93 bits per heavy atom. The van der Waals surface area contributed by atoms with E-state index in [2.05, 4.69) is 5.32 Å². The molecular weight excluding hydrogens is 375 g/mol. The van der Waals surface area contributed by atoms with Gasteiger partial charge in [0.15, 0.2) is 18.1 Å². The number of carbonyl (C=O) groups is 1. The van der Waals surface area contributed by atoms with E-state index in [1.54, 1.807) is 24.3 Å². The molecule has 0 aliphatic carbocycles. The average Bonchev–Trinajstić information content (AvgIpc) is 2.63. The Labute approximate surface area is 162 Å². The quantitative estimate of drug-likeness (QED) is 0.645. The molecule has 0 saturated heterocycles. The van der Waals surface area contributed by atoms with E-state index in [0.717, 1.165) is 11.1 Å². The lowest BCUT2D eigenvalue weighted by atomic mass is 10.1. The summed E-state index contributed by atoms with van der Waals surface area (Å²) < 4.78 is 29.2. The first-order chi connectivity index (χ1) is 12.9. The molecule has 2 aromatic carbocycles. The van der Waals surface area contributed by atoms with Gasteiger partial charge in [0.2, 0.25) is 0 Å². The minimum atomic E-state index is -0.606. The van der Waals surface area contributed by atoms with Crippen LogP contribution in [0.4, 0.5) is 4.39 Å². The van der Waals surface area contributed by atoms with Crippen molar-refractivity contribution in [1.82, 2.24) is 5.32 Å². The van der Waals surface area contributed by atoms with Crippen molar-refractivity contribution in [2.45, 2.75) is 19.7 Å². The molecular formula is C19H22ClFN2O4. The van der Waals surface area contributed by atoms with Crippen LogP contribution in [0.5, 0.6) is 11.5 Å². The van der Waals surface area contributed by atoms with Crippen LogP contribution in [0.3, 0.4) is 0 Å². The molecule has 0 aromatic heterocycles. The van der Waals surface area contributed by atoms with Crippen LogP contribution in [-0.2, 0) is 29.2 Å². The number of primary amides is 1. The number of halogens is 2. The summed E-state index contributed by atoms with van der Waals surface area (Å²) in [6, 6.07) is 8.39. The third-order valence-corrected chi connectivity index (χ3v) is 4.00. The van der Waals surface area contributed by atoms with Gasteiger partial charge in [-0.1, -0.05) is 17.7 Å². The number of rotatable bonds is 10. The molecule has 0 atom stereocenters. The van der Waals surface area contributed by atoms with Gasteiger partial charge in [0, 0.05) is 25.8 Å². The molecule has 146 valence electrons. The lowest BCUT2D eigenvalue weighted by Gasteiger charge is -2.14. The Morgan fingerprint density at radius 1 is 1.19 bits per heavy atom. The number of hydrogen-bond acceptors (Lipinski definition) is 5. The van der Waals surface area contributed by atoms with Gasteiger partial charge in [0.25, 0.3) is 5.91 Å². The molecule has 0 fully saturated rings. The van der Waals surface area contributed by atoms with Crippen molar-refractivity contribution in [1.29, 1.82) is 0 Å². The largest absolute Gasteiger partial charge is 0.493 e. The maximum atomic E-state index is 13.7. The Hall–Kier alpha value is -2.35. The van der Waals surface area contributed by atoms with E-state index < -0.39 is 5.91 Å². The van der Waals surface area contributed by atoms with Gasteiger partial charge in [-0.05, 0) is 35.4 Å². The van der Waals surface area contributed by atoms with E-state index in [0.29, 0.717) is 29.4 Å². The molecule has 0 radical (unpaired) electrons. The monoisotopic (exact) mass is 396 g/mol. The van der Waals surface area contributed by atoms with Gasteiger partial charge in [-0.3, -0.25) is 4.79 Å². The van der Waals surface area contributed by atoms with Gasteiger partial charge in [-0.15, -0.1) is 0 Å². The predicted molar refractivity (Wildman–Crippen MR) is 100 cm³/mol. The van der Waals surface area contributed by atoms with Gasteiger partial charge < -0.3 is 25.3 Å². The SMILES string of the molecule is COCc1cc(CNCc2cc(Cl)c(OCC(N)=O)c(OC)c2)ccc1F. The van der Waals surface area contributed by atoms with Gasteiger partial charge in [-0.25, -0.2) is 4.39 Å². The van der Waals surface area contributed by atoms with Crippen LogP contribution in [0.15, 0.2) is 30.3 Å². The molecule has 0 spiro atoms. The highest BCUT2D eigenvalue weighted by molar-refractivity contribution is 6.32. The van der Waals surface area contributed by atoms with E-state index >= 15 is 0 Å². The normalized spacial score (nSPS) is 10.7. The molecule has 1 amide bonds. The Bertz CT molecular complexity index is 802. The summed E-state index contributed by atoms with van der Waals surface area (Å²) in [5, 5.41) is 3.58. The highest BCUT2D eigenvalue weighted by Crippen LogP contribution is 2.36. The molecule has 0 aliphatic rings. The third kappa shape index (κ3) is 6.09. The fourth-order valence-electron chi connectivity index (χ4n) is 2.51. The number of nitrogens with two attached hydrogens (primary N) is 1. The molecule has 8 heteroatoms. The highest BCUT2D eigenvalue weighted by Gasteiger charge is 2.13. The zero-order valence-electron chi connectivity index (χ0n) is 15.2. The van der Waals surface area contributed by atoms with Crippen LogP contribution >= 0.6 is 11.6 Å². The van der Waals surface area contributed by atoms with Crippen LogP contribution in [-0.4, -0.2) is 26.7 Å². The second-order valence-corrected chi connectivity index (χ2v) is 6.23. The lowest BCUT2D eigenvalue weighted by Crippen LogP contribution is -2.20. The summed E-state index contributed by atoms with van der Waals surface area (Å²) >= 11 is 6.23. The van der Waals surface area contributed by atoms with Crippen LogP contribution < -0.4 is 20.5 Å². The van der Waals surface area contributed by atoms with Crippen molar-refractivity contribution < 1.29 is 23.4 Å². The van der Waals surface area contributed by atoms with Crippen LogP contribution in [0.1, 0.15) is 16.7 Å². The molecule has 6 nitrogen and oxygen atoms in total. The van der Waals surface area contributed by atoms with Crippen molar-refractivity contribution in [2.24, 2.45) is 5.73 Å². The van der Waals surface area contributed by atoms with Crippen molar-refractivity contribution in [3.8, 4) is 11.5 Å². The molecule has 0 unspecified atom stereocenters. The number of methoxy groups -OCH3 is 2. The summed E-state index contributed by atoms with van der Waals surface area (Å²) in [7, 11) is 3.01. The highest BCUT2D eigenvalue weighted by atomic mass is 35.5. The molecule has 0 bridgehead atoms. The molecule has 3 N–H and O–H groups in total. The van der Waals surface area contributed by atoms with Crippen molar-refractivity contribution >= 4 is 17.5 Å². The van der Waals surface area contributed by atoms with Gasteiger partial charge in [0.05, 0.1) is 18.7 Å². The molecule has 0 heterocycles. The maximum absolute atomic E-state index is 13.7. The summed E-state index contributed by atoms with van der Waals surface area (Å²) in [6.45, 7) is 0.974. The fraction of sp³-hybridized carbons (Fsp3) is 0.316. The maximum Gasteiger partial charge on any atom is 0.255 e. The molecule has 2 rings (SSSR count). The average molecular weight is 397 g/mol. The molecule has 27 heavy (non-hydrogen) atoms. The number of amides is 1. The minimum absolute atomic E-state index is 0.221. The number of nitrogens with one attached hydrogen (secondary N) is 1. The van der Waals surface area contributed by atoms with Gasteiger partial charge in [-0.2, -0.15) is 0 Å². The first-order valence-electron chi connectivity index (χ1n) is 8.19. The first-order valence-corrected chi connectivity index (χ1v) is 8.56.